The summed E-state index contributed by atoms with van der Waals surface area (Å²) in [6, 6.07) is 14.2. The molecule has 1 atom stereocenters. The number of para-hydroxylation sites is 1. The molecule has 2 aromatic carbocycles. The van der Waals surface area contributed by atoms with Crippen molar-refractivity contribution in [1.29, 1.82) is 0 Å². The van der Waals surface area contributed by atoms with Crippen LogP contribution in [-0.2, 0) is 32.6 Å². The van der Waals surface area contributed by atoms with Crippen molar-refractivity contribution in [2.24, 2.45) is 0 Å². The summed E-state index contributed by atoms with van der Waals surface area (Å²) in [5.41, 5.74) is 3.24. The predicted octanol–water partition coefficient (Wildman–Crippen LogP) is 3.27. The van der Waals surface area contributed by atoms with Crippen molar-refractivity contribution in [3.05, 3.63) is 65.2 Å². The Morgan fingerprint density at radius 1 is 1.03 bits per heavy atom. The normalized spacial score (nSPS) is 12.2. The Kier molecular flexibility index (Phi) is 9.46. The van der Waals surface area contributed by atoms with Crippen LogP contribution in [0.2, 0.25) is 0 Å². The Labute approximate surface area is 197 Å². The van der Waals surface area contributed by atoms with E-state index >= 15 is 0 Å². The van der Waals surface area contributed by atoms with E-state index in [9.17, 15) is 18.0 Å². The van der Waals surface area contributed by atoms with E-state index < -0.39 is 22.0 Å². The van der Waals surface area contributed by atoms with Crippen molar-refractivity contribution in [2.75, 3.05) is 23.7 Å². The van der Waals surface area contributed by atoms with Crippen LogP contribution in [0.4, 0.5) is 5.69 Å². The minimum Gasteiger partial charge on any atom is -0.355 e. The molecule has 0 aromatic heterocycles. The summed E-state index contributed by atoms with van der Waals surface area (Å²) < 4.78 is 26.6. The maximum atomic E-state index is 13.6. The molecule has 0 unspecified atom stereocenters. The summed E-state index contributed by atoms with van der Waals surface area (Å²) in [5, 5.41) is 2.80. The molecule has 0 aliphatic carbocycles. The van der Waals surface area contributed by atoms with Crippen LogP contribution in [0.15, 0.2) is 48.5 Å². The summed E-state index contributed by atoms with van der Waals surface area (Å²) in [7, 11) is -3.74. The van der Waals surface area contributed by atoms with Gasteiger partial charge in [0.1, 0.15) is 12.6 Å². The van der Waals surface area contributed by atoms with Crippen LogP contribution in [0.25, 0.3) is 0 Å². The van der Waals surface area contributed by atoms with Crippen LogP contribution in [0.5, 0.6) is 0 Å². The molecular weight excluding hydrogens is 438 g/mol. The number of aryl methyl sites for hydroxylation is 2. The van der Waals surface area contributed by atoms with Gasteiger partial charge in [-0.15, -0.1) is 0 Å². The van der Waals surface area contributed by atoms with Gasteiger partial charge in [-0.2, -0.15) is 0 Å². The summed E-state index contributed by atoms with van der Waals surface area (Å²) in [5.74, 6) is -0.674. The lowest BCUT2D eigenvalue weighted by atomic mass is 10.1. The van der Waals surface area contributed by atoms with E-state index in [0.29, 0.717) is 25.1 Å². The second-order valence-electron chi connectivity index (χ2n) is 8.08. The molecule has 2 rings (SSSR count). The van der Waals surface area contributed by atoms with Crippen molar-refractivity contribution in [3.63, 3.8) is 0 Å². The third-order valence-corrected chi connectivity index (χ3v) is 6.62. The molecular formula is C25H35N3O4S. The van der Waals surface area contributed by atoms with Crippen LogP contribution < -0.4 is 9.62 Å². The highest BCUT2D eigenvalue weighted by atomic mass is 32.2. The van der Waals surface area contributed by atoms with Gasteiger partial charge in [-0.1, -0.05) is 61.9 Å². The number of hydrogen-bond acceptors (Lipinski definition) is 4. The molecule has 0 heterocycles. The average molecular weight is 474 g/mol. The predicted molar refractivity (Wildman–Crippen MR) is 133 cm³/mol. The number of likely N-dealkylation sites (N-methyl/N-ethyl adjacent to an activating group) is 1. The van der Waals surface area contributed by atoms with Crippen molar-refractivity contribution in [3.8, 4) is 0 Å². The lowest BCUT2D eigenvalue weighted by Crippen LogP contribution is -2.52. The topological polar surface area (TPSA) is 86.8 Å². The monoisotopic (exact) mass is 473 g/mol. The van der Waals surface area contributed by atoms with E-state index in [-0.39, 0.29) is 19.0 Å². The maximum Gasteiger partial charge on any atom is 0.244 e. The molecule has 180 valence electrons. The lowest BCUT2D eigenvalue weighted by molar-refractivity contribution is -0.140. The molecule has 33 heavy (non-hydrogen) atoms. The van der Waals surface area contributed by atoms with Gasteiger partial charge in [0.05, 0.1) is 11.9 Å². The molecule has 8 heteroatoms. The summed E-state index contributed by atoms with van der Waals surface area (Å²) in [4.78, 5) is 27.9. The highest BCUT2D eigenvalue weighted by Crippen LogP contribution is 2.24. The number of nitrogens with one attached hydrogen (secondary N) is 1. The third kappa shape index (κ3) is 7.05. The summed E-state index contributed by atoms with van der Waals surface area (Å²) in [6.07, 6.45) is 2.13. The number of rotatable bonds is 11. The Morgan fingerprint density at radius 2 is 1.73 bits per heavy atom. The van der Waals surface area contributed by atoms with Crippen LogP contribution >= 0.6 is 0 Å². The fourth-order valence-electron chi connectivity index (χ4n) is 3.87. The first-order valence-electron chi connectivity index (χ1n) is 11.3. The molecule has 2 aromatic rings. The quantitative estimate of drug-likeness (QED) is 0.543. The molecule has 0 saturated heterocycles. The number of anilines is 1. The van der Waals surface area contributed by atoms with E-state index in [2.05, 4.69) is 5.32 Å². The number of benzene rings is 2. The number of amides is 2. The zero-order valence-corrected chi connectivity index (χ0v) is 21.0. The van der Waals surface area contributed by atoms with Crippen molar-refractivity contribution in [2.45, 2.75) is 53.1 Å². The SMILES string of the molecule is CCNC(=O)[C@H](CC)N(Cc1cccc(C)c1)C(=O)CN(c1ccccc1CC)S(C)(=O)=O. The minimum absolute atomic E-state index is 0.211. The molecule has 2 amide bonds. The first-order chi connectivity index (χ1) is 15.6. The standard InChI is InChI=1S/C25H35N3O4S/c1-6-21-14-9-10-15-23(21)28(33(5,31)32)18-24(29)27(22(7-2)25(30)26-8-3)17-20-13-11-12-19(4)16-20/h9-16,22H,6-8,17-18H2,1-5H3,(H,26,30)/t22-/m0/s1. The van der Waals surface area contributed by atoms with Crippen LogP contribution in [0.3, 0.4) is 0 Å². The average Bonchev–Trinajstić information content (AvgIpc) is 2.76. The highest BCUT2D eigenvalue weighted by Gasteiger charge is 2.32. The van der Waals surface area contributed by atoms with Crippen LogP contribution in [0.1, 0.15) is 43.9 Å². The molecule has 7 nitrogen and oxygen atoms in total. The van der Waals surface area contributed by atoms with E-state index in [0.717, 1.165) is 27.3 Å². The molecule has 0 aliphatic heterocycles. The van der Waals surface area contributed by atoms with Crippen LogP contribution in [-0.4, -0.2) is 50.5 Å². The van der Waals surface area contributed by atoms with E-state index in [1.165, 1.54) is 4.90 Å². The molecule has 0 radical (unpaired) electrons. The Hall–Kier alpha value is -2.87. The summed E-state index contributed by atoms with van der Waals surface area (Å²) >= 11 is 0. The van der Waals surface area contributed by atoms with Crippen molar-refractivity contribution < 1.29 is 18.0 Å². The number of sulfonamides is 1. The van der Waals surface area contributed by atoms with Gasteiger partial charge in [-0.3, -0.25) is 13.9 Å². The molecule has 0 fully saturated rings. The molecule has 0 aliphatic rings. The van der Waals surface area contributed by atoms with Gasteiger partial charge in [0.15, 0.2) is 0 Å². The Balaban J connectivity index is 2.47. The molecule has 0 bridgehead atoms. The van der Waals surface area contributed by atoms with Gasteiger partial charge in [0, 0.05) is 13.1 Å². The second-order valence-corrected chi connectivity index (χ2v) is 9.99. The van der Waals surface area contributed by atoms with Crippen LogP contribution in [0, 0.1) is 6.92 Å². The van der Waals surface area contributed by atoms with Gasteiger partial charge >= 0.3 is 0 Å². The number of nitrogens with zero attached hydrogens (tertiary/aromatic N) is 2. The highest BCUT2D eigenvalue weighted by molar-refractivity contribution is 7.92. The number of hydrogen-bond donors (Lipinski definition) is 1. The van der Waals surface area contributed by atoms with Gasteiger partial charge in [0.25, 0.3) is 0 Å². The van der Waals surface area contributed by atoms with E-state index in [4.69, 9.17) is 0 Å². The Morgan fingerprint density at radius 3 is 2.30 bits per heavy atom. The van der Waals surface area contributed by atoms with Crippen molar-refractivity contribution >= 4 is 27.5 Å². The molecule has 1 N–H and O–H groups in total. The van der Waals surface area contributed by atoms with Gasteiger partial charge in [-0.05, 0) is 43.9 Å². The van der Waals surface area contributed by atoms with Gasteiger partial charge < -0.3 is 10.2 Å². The Bertz CT molecular complexity index is 1070. The lowest BCUT2D eigenvalue weighted by Gasteiger charge is -2.33. The van der Waals surface area contributed by atoms with Gasteiger partial charge in [0.2, 0.25) is 21.8 Å². The van der Waals surface area contributed by atoms with E-state index in [1.807, 2.05) is 64.1 Å². The largest absolute Gasteiger partial charge is 0.355 e. The molecule has 0 saturated carbocycles. The first-order valence-corrected chi connectivity index (χ1v) is 13.1. The second kappa shape index (κ2) is 11.8. The smallest absolute Gasteiger partial charge is 0.244 e. The first kappa shape index (κ1) is 26.4. The number of carbonyl (C=O) groups excluding carboxylic acids is 2. The minimum atomic E-state index is -3.74. The number of carbonyl (C=O) groups is 2. The van der Waals surface area contributed by atoms with Gasteiger partial charge in [-0.25, -0.2) is 8.42 Å². The summed E-state index contributed by atoms with van der Waals surface area (Å²) in [6.45, 7) is 7.85. The maximum absolute atomic E-state index is 13.6. The van der Waals surface area contributed by atoms with Crippen molar-refractivity contribution in [1.82, 2.24) is 10.2 Å². The fourth-order valence-corrected chi connectivity index (χ4v) is 4.75. The van der Waals surface area contributed by atoms with E-state index in [1.54, 1.807) is 12.1 Å². The molecule has 0 spiro atoms. The zero-order valence-electron chi connectivity index (χ0n) is 20.2. The third-order valence-electron chi connectivity index (χ3n) is 5.49. The zero-order chi connectivity index (χ0) is 24.6. The fraction of sp³-hybridized carbons (Fsp3) is 0.440.